The largest absolute Gasteiger partial charge is 0.449 e. The van der Waals surface area contributed by atoms with Crippen molar-refractivity contribution >= 4 is 17.6 Å². The second-order valence-electron chi connectivity index (χ2n) is 5.34. The van der Waals surface area contributed by atoms with Crippen molar-refractivity contribution in [2.24, 2.45) is 7.05 Å². The number of benzene rings is 1. The smallest absolute Gasteiger partial charge is 0.339 e. The van der Waals surface area contributed by atoms with Crippen molar-refractivity contribution in [3.05, 3.63) is 46.8 Å². The molecule has 0 aliphatic rings. The minimum Gasteiger partial charge on any atom is -0.449 e. The van der Waals surface area contributed by atoms with Gasteiger partial charge in [0.1, 0.15) is 0 Å². The number of hydrogen-bond acceptors (Lipinski definition) is 4. The molecule has 0 radical (unpaired) electrons. The first-order chi connectivity index (χ1) is 11.2. The maximum Gasteiger partial charge on any atom is 0.339 e. The van der Waals surface area contributed by atoms with Gasteiger partial charge in [-0.15, -0.1) is 0 Å². The molecule has 0 fully saturated rings. The molecule has 0 aliphatic heterocycles. The van der Waals surface area contributed by atoms with Gasteiger partial charge in [-0.05, 0) is 39.0 Å². The van der Waals surface area contributed by atoms with Crippen LogP contribution in [0.15, 0.2) is 18.2 Å². The van der Waals surface area contributed by atoms with Crippen molar-refractivity contribution in [1.29, 1.82) is 0 Å². The summed E-state index contributed by atoms with van der Waals surface area (Å²) in [6.07, 6.45) is -1.12. The first-order valence-electron chi connectivity index (χ1n) is 7.17. The number of rotatable bonds is 4. The highest BCUT2D eigenvalue weighted by atomic mass is 19.2. The van der Waals surface area contributed by atoms with Gasteiger partial charge in [-0.3, -0.25) is 9.48 Å². The molecule has 1 aromatic carbocycles. The van der Waals surface area contributed by atoms with E-state index in [1.807, 2.05) is 0 Å². The molecule has 1 atom stereocenters. The third kappa shape index (κ3) is 3.58. The van der Waals surface area contributed by atoms with Gasteiger partial charge in [0, 0.05) is 7.05 Å². The number of halogens is 2. The van der Waals surface area contributed by atoms with E-state index in [1.54, 1.807) is 25.6 Å². The lowest BCUT2D eigenvalue weighted by Crippen LogP contribution is -2.30. The Morgan fingerprint density at radius 3 is 2.46 bits per heavy atom. The standard InChI is InChI=1S/C16H17F2N3O3/c1-8-14(9(2)21(4)20-8)19-15(22)10(3)24-16(23)11-5-6-12(17)13(18)7-11/h5-7,10H,1-4H3,(H,19,22)/t10-/m1/s1. The number of carbonyl (C=O) groups is 2. The second-order valence-corrected chi connectivity index (χ2v) is 5.34. The van der Waals surface area contributed by atoms with Crippen LogP contribution in [0.3, 0.4) is 0 Å². The quantitative estimate of drug-likeness (QED) is 0.870. The summed E-state index contributed by atoms with van der Waals surface area (Å²) in [4.78, 5) is 24.1. The summed E-state index contributed by atoms with van der Waals surface area (Å²) >= 11 is 0. The van der Waals surface area contributed by atoms with E-state index < -0.39 is 29.6 Å². The molecular weight excluding hydrogens is 320 g/mol. The number of ether oxygens (including phenoxy) is 1. The Balaban J connectivity index is 2.05. The summed E-state index contributed by atoms with van der Waals surface area (Å²) in [6.45, 7) is 4.91. The van der Waals surface area contributed by atoms with E-state index >= 15 is 0 Å². The number of anilines is 1. The lowest BCUT2D eigenvalue weighted by molar-refractivity contribution is -0.123. The minimum atomic E-state index is -1.16. The highest BCUT2D eigenvalue weighted by molar-refractivity contribution is 5.98. The first-order valence-corrected chi connectivity index (χ1v) is 7.17. The molecule has 1 amide bonds. The highest BCUT2D eigenvalue weighted by Gasteiger charge is 2.22. The van der Waals surface area contributed by atoms with Crippen molar-refractivity contribution in [1.82, 2.24) is 9.78 Å². The topological polar surface area (TPSA) is 73.2 Å². The Labute approximate surface area is 137 Å². The molecule has 2 aromatic rings. The van der Waals surface area contributed by atoms with E-state index in [2.05, 4.69) is 10.4 Å². The van der Waals surface area contributed by atoms with Gasteiger partial charge < -0.3 is 10.1 Å². The summed E-state index contributed by atoms with van der Waals surface area (Å²) in [5, 5.41) is 6.81. The molecule has 0 spiro atoms. The van der Waals surface area contributed by atoms with Crippen LogP contribution in [0.5, 0.6) is 0 Å². The molecule has 8 heteroatoms. The van der Waals surface area contributed by atoms with E-state index in [0.29, 0.717) is 11.4 Å². The van der Waals surface area contributed by atoms with Gasteiger partial charge in [0.05, 0.1) is 22.6 Å². The fourth-order valence-electron chi connectivity index (χ4n) is 2.08. The third-order valence-corrected chi connectivity index (χ3v) is 3.57. The van der Waals surface area contributed by atoms with Crippen molar-refractivity contribution < 1.29 is 23.1 Å². The number of aryl methyl sites for hydroxylation is 2. The molecule has 2 rings (SSSR count). The minimum absolute atomic E-state index is 0.178. The van der Waals surface area contributed by atoms with Gasteiger partial charge in [0.15, 0.2) is 17.7 Å². The van der Waals surface area contributed by atoms with Gasteiger partial charge in [-0.1, -0.05) is 0 Å². The first kappa shape index (κ1) is 17.6. The molecule has 0 bridgehead atoms. The number of amides is 1. The average molecular weight is 337 g/mol. The summed E-state index contributed by atoms with van der Waals surface area (Å²) in [5.41, 5.74) is 1.74. The zero-order chi connectivity index (χ0) is 18.0. The molecule has 0 saturated carbocycles. The molecule has 1 heterocycles. The molecule has 24 heavy (non-hydrogen) atoms. The van der Waals surface area contributed by atoms with Crippen LogP contribution in [0.1, 0.15) is 28.7 Å². The maximum absolute atomic E-state index is 13.1. The average Bonchev–Trinajstić information content (AvgIpc) is 2.76. The fourth-order valence-corrected chi connectivity index (χ4v) is 2.08. The van der Waals surface area contributed by atoms with Crippen LogP contribution in [-0.4, -0.2) is 27.8 Å². The molecule has 0 aliphatic carbocycles. The SMILES string of the molecule is Cc1nn(C)c(C)c1NC(=O)[C@@H](C)OC(=O)c1ccc(F)c(F)c1. The monoisotopic (exact) mass is 337 g/mol. The predicted molar refractivity (Wildman–Crippen MR) is 82.5 cm³/mol. The zero-order valence-electron chi connectivity index (χ0n) is 13.7. The van der Waals surface area contributed by atoms with E-state index in [9.17, 15) is 18.4 Å². The number of nitrogens with one attached hydrogen (secondary N) is 1. The van der Waals surface area contributed by atoms with Crippen LogP contribution in [0.4, 0.5) is 14.5 Å². The van der Waals surface area contributed by atoms with Crippen molar-refractivity contribution in [2.75, 3.05) is 5.32 Å². The van der Waals surface area contributed by atoms with Gasteiger partial charge in [0.2, 0.25) is 0 Å². The Morgan fingerprint density at radius 1 is 1.25 bits per heavy atom. The number of carbonyl (C=O) groups excluding carboxylic acids is 2. The number of aromatic nitrogens is 2. The molecule has 0 saturated heterocycles. The lowest BCUT2D eigenvalue weighted by Gasteiger charge is -2.14. The fraction of sp³-hybridized carbons (Fsp3) is 0.312. The maximum atomic E-state index is 13.1. The van der Waals surface area contributed by atoms with Crippen LogP contribution in [0.2, 0.25) is 0 Å². The molecular formula is C16H17F2N3O3. The third-order valence-electron chi connectivity index (χ3n) is 3.57. The van der Waals surface area contributed by atoms with Gasteiger partial charge in [0.25, 0.3) is 5.91 Å². The zero-order valence-corrected chi connectivity index (χ0v) is 13.7. The molecule has 0 unspecified atom stereocenters. The van der Waals surface area contributed by atoms with Crippen LogP contribution < -0.4 is 5.32 Å². The highest BCUT2D eigenvalue weighted by Crippen LogP contribution is 2.19. The second kappa shape index (κ2) is 6.77. The van der Waals surface area contributed by atoms with Crippen LogP contribution >= 0.6 is 0 Å². The molecule has 1 N–H and O–H groups in total. The Morgan fingerprint density at radius 2 is 1.92 bits per heavy atom. The van der Waals surface area contributed by atoms with Crippen LogP contribution in [0, 0.1) is 25.5 Å². The predicted octanol–water partition coefficient (Wildman–Crippen LogP) is 2.50. The lowest BCUT2D eigenvalue weighted by atomic mass is 10.2. The molecule has 1 aromatic heterocycles. The Kier molecular flexibility index (Phi) is 4.96. The number of hydrogen-bond donors (Lipinski definition) is 1. The van der Waals surface area contributed by atoms with Gasteiger partial charge in [-0.2, -0.15) is 5.10 Å². The molecule has 6 nitrogen and oxygen atoms in total. The van der Waals surface area contributed by atoms with E-state index in [4.69, 9.17) is 4.74 Å². The van der Waals surface area contributed by atoms with E-state index in [0.717, 1.165) is 23.9 Å². The summed E-state index contributed by atoms with van der Waals surface area (Å²) in [5.74, 6) is -3.70. The Hall–Kier alpha value is -2.77. The van der Waals surface area contributed by atoms with E-state index in [-0.39, 0.29) is 5.56 Å². The van der Waals surface area contributed by atoms with Crippen LogP contribution in [0.25, 0.3) is 0 Å². The van der Waals surface area contributed by atoms with Gasteiger partial charge in [-0.25, -0.2) is 13.6 Å². The number of nitrogens with zero attached hydrogens (tertiary/aromatic N) is 2. The summed E-state index contributed by atoms with van der Waals surface area (Å²) in [6, 6.07) is 2.62. The van der Waals surface area contributed by atoms with Crippen molar-refractivity contribution in [2.45, 2.75) is 26.9 Å². The van der Waals surface area contributed by atoms with Crippen LogP contribution in [-0.2, 0) is 16.6 Å². The van der Waals surface area contributed by atoms with Crippen molar-refractivity contribution in [3.63, 3.8) is 0 Å². The van der Waals surface area contributed by atoms with E-state index in [1.165, 1.54) is 6.92 Å². The summed E-state index contributed by atoms with van der Waals surface area (Å²) in [7, 11) is 1.74. The summed E-state index contributed by atoms with van der Waals surface area (Å²) < 4.78 is 32.6. The normalized spacial score (nSPS) is 11.9. The number of esters is 1. The van der Waals surface area contributed by atoms with Gasteiger partial charge >= 0.3 is 5.97 Å². The molecule has 128 valence electrons. The van der Waals surface area contributed by atoms with Crippen molar-refractivity contribution in [3.8, 4) is 0 Å². The Bertz CT molecular complexity index is 802.